The third kappa shape index (κ3) is 3.60. The van der Waals surface area contributed by atoms with E-state index in [1.807, 2.05) is 0 Å². The molecule has 0 spiro atoms. The van der Waals surface area contributed by atoms with E-state index >= 15 is 0 Å². The summed E-state index contributed by atoms with van der Waals surface area (Å²) in [5.74, 6) is -0.974. The minimum atomic E-state index is -0.597. The van der Waals surface area contributed by atoms with Gasteiger partial charge in [0.2, 0.25) is 11.8 Å². The highest BCUT2D eigenvalue weighted by Gasteiger charge is 2.34. The monoisotopic (exact) mass is 413 g/mol. The molecule has 0 bridgehead atoms. The summed E-state index contributed by atoms with van der Waals surface area (Å²) in [6.45, 7) is 2.23. The highest BCUT2D eigenvalue weighted by Crippen LogP contribution is 2.31. The third-order valence-electron chi connectivity index (χ3n) is 4.13. The largest absolute Gasteiger partial charge is 0.442 e. The number of hydrogen-bond donors (Lipinski definition) is 1. The third-order valence-corrected chi connectivity index (χ3v) is 4.98. The predicted molar refractivity (Wildman–Crippen MR) is 92.4 cm³/mol. The van der Waals surface area contributed by atoms with Gasteiger partial charge in [-0.25, -0.2) is 9.18 Å². The van der Waals surface area contributed by atoms with E-state index in [1.165, 1.54) is 28.9 Å². The van der Waals surface area contributed by atoms with E-state index in [-0.39, 0.29) is 35.4 Å². The van der Waals surface area contributed by atoms with Crippen LogP contribution < -0.4 is 15.1 Å². The van der Waals surface area contributed by atoms with Crippen LogP contribution in [-0.2, 0) is 14.3 Å². The van der Waals surface area contributed by atoms with Crippen molar-refractivity contribution in [3.8, 4) is 0 Å². The van der Waals surface area contributed by atoms with Crippen LogP contribution in [0.25, 0.3) is 0 Å². The van der Waals surface area contributed by atoms with Crippen molar-refractivity contribution < 1.29 is 23.5 Å². The molecule has 2 atom stereocenters. The van der Waals surface area contributed by atoms with E-state index in [9.17, 15) is 18.8 Å². The molecule has 1 aromatic rings. The van der Waals surface area contributed by atoms with Gasteiger partial charge in [-0.3, -0.25) is 14.5 Å². The number of cyclic esters (lactones) is 1. The van der Waals surface area contributed by atoms with E-state index < -0.39 is 18.0 Å². The normalized spacial score (nSPS) is 23.2. The smallest absolute Gasteiger partial charge is 0.414 e. The Morgan fingerprint density at radius 2 is 2.16 bits per heavy atom. The zero-order chi connectivity index (χ0) is 18.1. The maximum Gasteiger partial charge on any atom is 0.414 e. The summed E-state index contributed by atoms with van der Waals surface area (Å²) in [4.78, 5) is 37.3. The van der Waals surface area contributed by atoms with Gasteiger partial charge in [-0.05, 0) is 24.6 Å². The van der Waals surface area contributed by atoms with Gasteiger partial charge in [0, 0.05) is 13.5 Å². The van der Waals surface area contributed by atoms with E-state index in [0.29, 0.717) is 18.7 Å². The number of hydrogen-bond acceptors (Lipinski definition) is 4. The molecule has 0 aliphatic carbocycles. The van der Waals surface area contributed by atoms with Gasteiger partial charge in [-0.1, -0.05) is 15.9 Å². The lowest BCUT2D eigenvalue weighted by Gasteiger charge is -2.19. The lowest BCUT2D eigenvalue weighted by atomic mass is 10.2. The summed E-state index contributed by atoms with van der Waals surface area (Å²) in [7, 11) is 0. The van der Waals surface area contributed by atoms with Crippen molar-refractivity contribution >= 4 is 45.2 Å². The molecular weight excluding hydrogens is 397 g/mol. The molecule has 2 aliphatic rings. The number of nitrogens with zero attached hydrogens (tertiary/aromatic N) is 2. The molecule has 1 aromatic carbocycles. The van der Waals surface area contributed by atoms with Crippen LogP contribution in [0, 0.1) is 5.82 Å². The van der Waals surface area contributed by atoms with Gasteiger partial charge in [0.1, 0.15) is 11.9 Å². The molecule has 0 aromatic heterocycles. The Morgan fingerprint density at radius 3 is 2.76 bits per heavy atom. The van der Waals surface area contributed by atoms with Gasteiger partial charge in [0.15, 0.2) is 0 Å². The van der Waals surface area contributed by atoms with E-state index in [2.05, 4.69) is 21.2 Å². The Bertz CT molecular complexity index is 729. The van der Waals surface area contributed by atoms with Gasteiger partial charge in [0.25, 0.3) is 0 Å². The maximum absolute atomic E-state index is 14.5. The van der Waals surface area contributed by atoms with Crippen LogP contribution in [0.1, 0.15) is 13.3 Å². The highest BCUT2D eigenvalue weighted by molar-refractivity contribution is 9.10. The van der Waals surface area contributed by atoms with Gasteiger partial charge in [0.05, 0.1) is 29.3 Å². The molecule has 1 unspecified atom stereocenters. The van der Waals surface area contributed by atoms with Crippen molar-refractivity contribution in [3.63, 3.8) is 0 Å². The Morgan fingerprint density at radius 1 is 1.40 bits per heavy atom. The first-order chi connectivity index (χ1) is 11.9. The van der Waals surface area contributed by atoms with Crippen LogP contribution in [0.2, 0.25) is 0 Å². The fourth-order valence-electron chi connectivity index (χ4n) is 2.86. The van der Waals surface area contributed by atoms with Crippen LogP contribution in [-0.4, -0.2) is 48.5 Å². The molecule has 2 aliphatic heterocycles. The Kier molecular flexibility index (Phi) is 4.94. The van der Waals surface area contributed by atoms with Crippen molar-refractivity contribution in [2.45, 2.75) is 24.3 Å². The average Bonchev–Trinajstić information content (AvgIpc) is 3.09. The summed E-state index contributed by atoms with van der Waals surface area (Å²) >= 11 is 3.26. The number of carbonyl (C=O) groups excluding carboxylic acids is 3. The molecule has 3 rings (SSSR count). The second-order valence-electron chi connectivity index (χ2n) is 5.94. The zero-order valence-corrected chi connectivity index (χ0v) is 15.1. The number of benzene rings is 1. The molecular formula is C16H17BrFN3O4. The minimum Gasteiger partial charge on any atom is -0.442 e. The van der Waals surface area contributed by atoms with Crippen molar-refractivity contribution in [2.24, 2.45) is 0 Å². The zero-order valence-electron chi connectivity index (χ0n) is 13.5. The van der Waals surface area contributed by atoms with Crippen molar-refractivity contribution in [2.75, 3.05) is 29.4 Å². The number of alkyl halides is 1. The Hall–Kier alpha value is -2.16. The molecule has 1 N–H and O–H groups in total. The molecule has 0 saturated carbocycles. The molecule has 2 saturated heterocycles. The summed E-state index contributed by atoms with van der Waals surface area (Å²) in [6.07, 6.45) is -0.475. The summed E-state index contributed by atoms with van der Waals surface area (Å²) in [5.41, 5.74) is 0.539. The van der Waals surface area contributed by atoms with E-state index in [1.54, 1.807) is 6.07 Å². The van der Waals surface area contributed by atoms with Crippen molar-refractivity contribution in [1.82, 2.24) is 5.32 Å². The number of rotatable bonds is 4. The van der Waals surface area contributed by atoms with E-state index in [0.717, 1.165) is 0 Å². The fraction of sp³-hybridized carbons (Fsp3) is 0.438. The Labute approximate surface area is 152 Å². The average molecular weight is 414 g/mol. The molecule has 25 heavy (non-hydrogen) atoms. The Balaban J connectivity index is 1.73. The van der Waals surface area contributed by atoms with Crippen LogP contribution in [0.3, 0.4) is 0 Å². The van der Waals surface area contributed by atoms with Gasteiger partial charge >= 0.3 is 6.09 Å². The molecule has 7 nitrogen and oxygen atoms in total. The minimum absolute atomic E-state index is 0.178. The number of ether oxygens (including phenoxy) is 1. The quantitative estimate of drug-likeness (QED) is 0.763. The summed E-state index contributed by atoms with van der Waals surface area (Å²) < 4.78 is 19.6. The van der Waals surface area contributed by atoms with Crippen LogP contribution >= 0.6 is 15.9 Å². The van der Waals surface area contributed by atoms with Crippen LogP contribution in [0.4, 0.5) is 20.6 Å². The molecule has 9 heteroatoms. The lowest BCUT2D eigenvalue weighted by molar-refractivity contribution is -0.119. The van der Waals surface area contributed by atoms with Crippen LogP contribution in [0.15, 0.2) is 18.2 Å². The molecule has 3 amide bonds. The number of carbonyl (C=O) groups is 3. The van der Waals surface area contributed by atoms with Gasteiger partial charge < -0.3 is 15.0 Å². The van der Waals surface area contributed by atoms with Gasteiger partial charge in [-0.15, -0.1) is 0 Å². The van der Waals surface area contributed by atoms with Crippen molar-refractivity contribution in [1.29, 1.82) is 0 Å². The number of halogens is 2. The first kappa shape index (κ1) is 17.7. The van der Waals surface area contributed by atoms with Crippen molar-refractivity contribution in [3.05, 3.63) is 24.0 Å². The second-order valence-corrected chi connectivity index (χ2v) is 7.04. The molecule has 2 fully saturated rings. The SMILES string of the molecule is CC(=O)NC[C@H]1CN(c2ccc(N3CCC(Br)C3=O)c(F)c2)C(=O)O1. The summed E-state index contributed by atoms with van der Waals surface area (Å²) in [6, 6.07) is 4.28. The molecule has 134 valence electrons. The van der Waals surface area contributed by atoms with E-state index in [4.69, 9.17) is 4.74 Å². The first-order valence-electron chi connectivity index (χ1n) is 7.84. The second kappa shape index (κ2) is 6.99. The molecule has 2 heterocycles. The number of nitrogens with one attached hydrogen (secondary N) is 1. The lowest BCUT2D eigenvalue weighted by Crippen LogP contribution is -2.33. The molecule has 0 radical (unpaired) electrons. The first-order valence-corrected chi connectivity index (χ1v) is 8.76. The maximum atomic E-state index is 14.5. The predicted octanol–water partition coefficient (Wildman–Crippen LogP) is 1.79. The topological polar surface area (TPSA) is 79.0 Å². The van der Waals surface area contributed by atoms with Gasteiger partial charge in [-0.2, -0.15) is 0 Å². The number of anilines is 2. The summed E-state index contributed by atoms with van der Waals surface area (Å²) in [5, 5.41) is 2.58. The fourth-order valence-corrected chi connectivity index (χ4v) is 3.32. The van der Waals surface area contributed by atoms with Crippen LogP contribution in [0.5, 0.6) is 0 Å². The highest BCUT2D eigenvalue weighted by atomic mass is 79.9. The standard InChI is InChI=1S/C16H17BrFN3O4/c1-9(22)19-7-11-8-21(16(24)25-11)10-2-3-14(13(18)6-10)20-5-4-12(17)15(20)23/h2-3,6,11-12H,4-5,7-8H2,1H3,(H,19,22)/t11-,12?/m0/s1. The number of amides is 3.